The average Bonchev–Trinajstić information content (AvgIpc) is 2.34. The summed E-state index contributed by atoms with van der Waals surface area (Å²) in [5, 5.41) is 6.17. The van der Waals surface area contributed by atoms with E-state index in [1.807, 2.05) is 6.92 Å². The maximum absolute atomic E-state index is 11.5. The van der Waals surface area contributed by atoms with Gasteiger partial charge in [-0.15, -0.1) is 0 Å². The third-order valence-corrected chi connectivity index (χ3v) is 3.92. The molecule has 0 bridgehead atoms. The van der Waals surface area contributed by atoms with E-state index >= 15 is 0 Å². The van der Waals surface area contributed by atoms with Crippen LogP contribution in [0, 0.1) is 6.92 Å². The van der Waals surface area contributed by atoms with Crippen molar-refractivity contribution in [2.45, 2.75) is 13.8 Å². The van der Waals surface area contributed by atoms with E-state index in [1.165, 1.54) is 14.1 Å². The van der Waals surface area contributed by atoms with E-state index in [-0.39, 0.29) is 6.54 Å². The van der Waals surface area contributed by atoms with Crippen molar-refractivity contribution in [1.29, 1.82) is 0 Å². The summed E-state index contributed by atoms with van der Waals surface area (Å²) < 4.78 is 26.6. The Hall–Kier alpha value is -1.45. The molecule has 9 heteroatoms. The molecule has 0 unspecified atom stereocenters. The highest BCUT2D eigenvalue weighted by molar-refractivity contribution is 7.87. The first-order valence-electron chi connectivity index (χ1n) is 6.35. The lowest BCUT2D eigenvalue weighted by Gasteiger charge is -2.13. The summed E-state index contributed by atoms with van der Waals surface area (Å²) in [5.41, 5.74) is 0. The number of anilines is 2. The zero-order valence-corrected chi connectivity index (χ0v) is 13.1. The van der Waals surface area contributed by atoms with Gasteiger partial charge >= 0.3 is 0 Å². The lowest BCUT2D eigenvalue weighted by atomic mass is 10.4. The Morgan fingerprint density at radius 1 is 1.15 bits per heavy atom. The molecule has 0 aliphatic rings. The Labute approximate surface area is 120 Å². The molecule has 0 aromatic carbocycles. The summed E-state index contributed by atoms with van der Waals surface area (Å²) in [7, 11) is -0.423. The van der Waals surface area contributed by atoms with Gasteiger partial charge < -0.3 is 10.6 Å². The number of nitrogens with zero attached hydrogens (tertiary/aromatic N) is 3. The van der Waals surface area contributed by atoms with Crippen LogP contribution in [0.2, 0.25) is 0 Å². The maximum atomic E-state index is 11.5. The molecule has 114 valence electrons. The van der Waals surface area contributed by atoms with Crippen LogP contribution in [0.25, 0.3) is 0 Å². The van der Waals surface area contributed by atoms with Crippen molar-refractivity contribution < 1.29 is 8.42 Å². The Morgan fingerprint density at radius 3 is 2.30 bits per heavy atom. The van der Waals surface area contributed by atoms with E-state index in [0.29, 0.717) is 18.2 Å². The SMILES string of the molecule is CCNc1cc(NCCNS(=O)(=O)N(C)C)nc(C)n1. The van der Waals surface area contributed by atoms with Crippen LogP contribution in [-0.2, 0) is 10.2 Å². The second-order valence-corrected chi connectivity index (χ2v) is 6.29. The van der Waals surface area contributed by atoms with Crippen LogP contribution in [0.1, 0.15) is 12.7 Å². The number of aromatic nitrogens is 2. The monoisotopic (exact) mass is 302 g/mol. The molecule has 1 aromatic rings. The minimum absolute atomic E-state index is 0.278. The van der Waals surface area contributed by atoms with Crippen molar-refractivity contribution >= 4 is 21.8 Å². The maximum Gasteiger partial charge on any atom is 0.278 e. The predicted molar refractivity (Wildman–Crippen MR) is 80.0 cm³/mol. The van der Waals surface area contributed by atoms with Crippen LogP contribution in [0.5, 0.6) is 0 Å². The summed E-state index contributed by atoms with van der Waals surface area (Å²) in [6.07, 6.45) is 0. The molecule has 0 saturated carbocycles. The van der Waals surface area contributed by atoms with Crippen LogP contribution < -0.4 is 15.4 Å². The normalized spacial score (nSPS) is 11.7. The second kappa shape index (κ2) is 7.36. The first-order valence-corrected chi connectivity index (χ1v) is 7.79. The molecular formula is C11H22N6O2S. The Bertz CT molecular complexity index is 532. The number of hydrogen-bond donors (Lipinski definition) is 3. The van der Waals surface area contributed by atoms with Gasteiger partial charge in [0.15, 0.2) is 0 Å². The largest absolute Gasteiger partial charge is 0.370 e. The van der Waals surface area contributed by atoms with Crippen molar-refractivity contribution in [3.8, 4) is 0 Å². The molecule has 1 heterocycles. The highest BCUT2D eigenvalue weighted by Gasteiger charge is 2.11. The van der Waals surface area contributed by atoms with Gasteiger partial charge in [-0.25, -0.2) is 14.7 Å². The molecule has 0 fully saturated rings. The third kappa shape index (κ3) is 5.27. The summed E-state index contributed by atoms with van der Waals surface area (Å²) in [5.74, 6) is 2.06. The average molecular weight is 302 g/mol. The fraction of sp³-hybridized carbons (Fsp3) is 0.636. The molecule has 0 amide bonds. The fourth-order valence-electron chi connectivity index (χ4n) is 1.43. The zero-order valence-electron chi connectivity index (χ0n) is 12.3. The minimum atomic E-state index is -3.38. The molecule has 0 radical (unpaired) electrons. The highest BCUT2D eigenvalue weighted by atomic mass is 32.2. The molecule has 1 aromatic heterocycles. The molecule has 3 N–H and O–H groups in total. The Kier molecular flexibility index (Phi) is 6.11. The summed E-state index contributed by atoms with van der Waals surface area (Å²) in [4.78, 5) is 8.47. The minimum Gasteiger partial charge on any atom is -0.370 e. The number of aryl methyl sites for hydroxylation is 1. The van der Waals surface area contributed by atoms with Crippen LogP contribution >= 0.6 is 0 Å². The van der Waals surface area contributed by atoms with Gasteiger partial charge in [0.05, 0.1) is 0 Å². The quantitative estimate of drug-likeness (QED) is 0.586. The van der Waals surface area contributed by atoms with E-state index in [2.05, 4.69) is 25.3 Å². The summed E-state index contributed by atoms with van der Waals surface area (Å²) >= 11 is 0. The van der Waals surface area contributed by atoms with Gasteiger partial charge in [-0.1, -0.05) is 0 Å². The second-order valence-electron chi connectivity index (χ2n) is 4.32. The standard InChI is InChI=1S/C11H22N6O2S/c1-5-12-10-8-11(16-9(2)15-10)13-6-7-14-20(18,19)17(3)4/h8,14H,5-7H2,1-4H3,(H2,12,13,15,16). The van der Waals surface area contributed by atoms with Gasteiger partial charge in [0, 0.05) is 39.8 Å². The van der Waals surface area contributed by atoms with Crippen molar-refractivity contribution in [2.75, 3.05) is 44.4 Å². The van der Waals surface area contributed by atoms with Crippen LogP contribution in [0.15, 0.2) is 6.07 Å². The van der Waals surface area contributed by atoms with E-state index in [0.717, 1.165) is 16.7 Å². The zero-order chi connectivity index (χ0) is 15.2. The van der Waals surface area contributed by atoms with Crippen molar-refractivity contribution in [1.82, 2.24) is 19.0 Å². The summed E-state index contributed by atoms with van der Waals surface area (Å²) in [6, 6.07) is 1.79. The molecule has 0 aliphatic carbocycles. The highest BCUT2D eigenvalue weighted by Crippen LogP contribution is 2.10. The predicted octanol–water partition coefficient (Wildman–Crippen LogP) is 0.0247. The molecule has 0 aliphatic heterocycles. The number of hydrogen-bond acceptors (Lipinski definition) is 6. The van der Waals surface area contributed by atoms with Gasteiger partial charge in [0.1, 0.15) is 17.5 Å². The lowest BCUT2D eigenvalue weighted by Crippen LogP contribution is -2.38. The topological polar surface area (TPSA) is 99.2 Å². The lowest BCUT2D eigenvalue weighted by molar-refractivity contribution is 0.507. The Balaban J connectivity index is 2.50. The molecular weight excluding hydrogens is 280 g/mol. The first kappa shape index (κ1) is 16.6. The van der Waals surface area contributed by atoms with Gasteiger partial charge in [0.2, 0.25) is 0 Å². The van der Waals surface area contributed by atoms with Crippen LogP contribution in [0.3, 0.4) is 0 Å². The third-order valence-electron chi connectivity index (χ3n) is 2.39. The number of rotatable bonds is 8. The summed E-state index contributed by atoms with van der Waals surface area (Å²) in [6.45, 7) is 5.29. The molecule has 0 spiro atoms. The molecule has 0 atom stereocenters. The first-order chi connectivity index (χ1) is 9.35. The van der Waals surface area contributed by atoms with Gasteiger partial charge in [-0.05, 0) is 13.8 Å². The van der Waals surface area contributed by atoms with E-state index in [4.69, 9.17) is 0 Å². The molecule has 20 heavy (non-hydrogen) atoms. The van der Waals surface area contributed by atoms with Gasteiger partial charge in [0.25, 0.3) is 10.2 Å². The van der Waals surface area contributed by atoms with Crippen LogP contribution in [0.4, 0.5) is 11.6 Å². The van der Waals surface area contributed by atoms with Crippen molar-refractivity contribution in [2.24, 2.45) is 0 Å². The van der Waals surface area contributed by atoms with Crippen molar-refractivity contribution in [3.05, 3.63) is 11.9 Å². The van der Waals surface area contributed by atoms with Crippen molar-refractivity contribution in [3.63, 3.8) is 0 Å². The van der Waals surface area contributed by atoms with E-state index in [1.54, 1.807) is 13.0 Å². The molecule has 1 rings (SSSR count). The van der Waals surface area contributed by atoms with E-state index < -0.39 is 10.2 Å². The molecule has 0 saturated heterocycles. The van der Waals surface area contributed by atoms with Gasteiger partial charge in [-0.3, -0.25) is 0 Å². The van der Waals surface area contributed by atoms with Crippen LogP contribution in [-0.4, -0.2) is 56.4 Å². The van der Waals surface area contributed by atoms with Gasteiger partial charge in [-0.2, -0.15) is 12.7 Å². The fourth-order valence-corrected chi connectivity index (χ4v) is 2.05. The number of nitrogens with one attached hydrogen (secondary N) is 3. The Morgan fingerprint density at radius 2 is 1.75 bits per heavy atom. The molecule has 8 nitrogen and oxygen atoms in total. The smallest absolute Gasteiger partial charge is 0.278 e. The van der Waals surface area contributed by atoms with E-state index in [9.17, 15) is 8.42 Å².